The van der Waals surface area contributed by atoms with E-state index in [0.29, 0.717) is 6.04 Å². The number of nitrogens with one attached hydrogen (secondary N) is 1. The molecule has 1 spiro atoms. The largest absolute Gasteiger partial charge is 0.377 e. The quantitative estimate of drug-likeness (QED) is 0.918. The third-order valence-corrected chi connectivity index (χ3v) is 5.21. The highest BCUT2D eigenvalue weighted by molar-refractivity contribution is 5.39. The first-order chi connectivity index (χ1) is 11.6. The van der Waals surface area contributed by atoms with Gasteiger partial charge in [-0.3, -0.25) is 14.3 Å². The van der Waals surface area contributed by atoms with Gasteiger partial charge in [-0.15, -0.1) is 0 Å². The first kappa shape index (κ1) is 15.7. The number of likely N-dealkylation sites (tertiary alicyclic amines) is 1. The molecule has 2 aliphatic heterocycles. The molecule has 7 nitrogen and oxygen atoms in total. The number of aryl methyl sites for hydroxylation is 2. The van der Waals surface area contributed by atoms with Crippen LogP contribution in [-0.4, -0.2) is 55.8 Å². The molecule has 7 heteroatoms. The third kappa shape index (κ3) is 3.32. The van der Waals surface area contributed by atoms with Crippen molar-refractivity contribution in [2.45, 2.75) is 37.5 Å². The Balaban J connectivity index is 1.29. The van der Waals surface area contributed by atoms with E-state index >= 15 is 0 Å². The molecule has 2 fully saturated rings. The Morgan fingerprint density at radius 2 is 2.12 bits per heavy atom. The second-order valence-electron chi connectivity index (χ2n) is 7.20. The average molecular weight is 330 g/mol. The van der Waals surface area contributed by atoms with E-state index in [1.165, 1.54) is 0 Å². The SMILES string of the molecule is Cn1cc(N[C@H]2COC3(CCN(Cc4ccn(C)n4)CC3)C2)cn1. The third-order valence-electron chi connectivity index (χ3n) is 5.21. The first-order valence-electron chi connectivity index (χ1n) is 8.70. The predicted octanol–water partition coefficient (Wildman–Crippen LogP) is 1.39. The van der Waals surface area contributed by atoms with Crippen LogP contribution in [0.2, 0.25) is 0 Å². The van der Waals surface area contributed by atoms with Crippen molar-refractivity contribution < 1.29 is 4.74 Å². The molecule has 4 rings (SSSR count). The molecule has 0 saturated carbocycles. The minimum Gasteiger partial charge on any atom is -0.377 e. The van der Waals surface area contributed by atoms with Crippen LogP contribution in [0.25, 0.3) is 0 Å². The van der Waals surface area contributed by atoms with Gasteiger partial charge in [0.05, 0.1) is 35.8 Å². The summed E-state index contributed by atoms with van der Waals surface area (Å²) in [6, 6.07) is 2.49. The van der Waals surface area contributed by atoms with Crippen molar-refractivity contribution in [1.82, 2.24) is 24.5 Å². The Labute approximate surface area is 142 Å². The molecule has 0 aromatic carbocycles. The van der Waals surface area contributed by atoms with Crippen molar-refractivity contribution in [3.8, 4) is 0 Å². The molecule has 1 N–H and O–H groups in total. The van der Waals surface area contributed by atoms with Crippen LogP contribution in [0.15, 0.2) is 24.7 Å². The van der Waals surface area contributed by atoms with E-state index in [1.807, 2.05) is 42.0 Å². The summed E-state index contributed by atoms with van der Waals surface area (Å²) in [7, 11) is 3.91. The fourth-order valence-corrected chi connectivity index (χ4v) is 3.91. The first-order valence-corrected chi connectivity index (χ1v) is 8.70. The van der Waals surface area contributed by atoms with Crippen LogP contribution in [0.5, 0.6) is 0 Å². The lowest BCUT2D eigenvalue weighted by Gasteiger charge is -2.38. The van der Waals surface area contributed by atoms with Crippen LogP contribution in [0.4, 0.5) is 5.69 Å². The van der Waals surface area contributed by atoms with Gasteiger partial charge in [-0.25, -0.2) is 0 Å². The fraction of sp³-hybridized carbons (Fsp3) is 0.647. The van der Waals surface area contributed by atoms with E-state index in [1.54, 1.807) is 0 Å². The minimum atomic E-state index is 0.0560. The Hall–Kier alpha value is -1.86. The maximum atomic E-state index is 6.24. The van der Waals surface area contributed by atoms with Gasteiger partial charge in [-0.1, -0.05) is 0 Å². The number of ether oxygens (including phenoxy) is 1. The second-order valence-corrected chi connectivity index (χ2v) is 7.20. The van der Waals surface area contributed by atoms with Crippen LogP contribution in [-0.2, 0) is 25.4 Å². The van der Waals surface area contributed by atoms with Gasteiger partial charge in [-0.05, 0) is 25.3 Å². The summed E-state index contributed by atoms with van der Waals surface area (Å²) in [6.07, 6.45) is 9.19. The summed E-state index contributed by atoms with van der Waals surface area (Å²) in [5.74, 6) is 0. The second kappa shape index (κ2) is 6.22. The van der Waals surface area contributed by atoms with Crippen LogP contribution in [0.1, 0.15) is 25.0 Å². The topological polar surface area (TPSA) is 60.1 Å². The molecule has 0 aliphatic carbocycles. The van der Waals surface area contributed by atoms with E-state index < -0.39 is 0 Å². The van der Waals surface area contributed by atoms with Crippen molar-refractivity contribution in [3.05, 3.63) is 30.4 Å². The van der Waals surface area contributed by atoms with E-state index in [0.717, 1.165) is 56.9 Å². The molecule has 0 unspecified atom stereocenters. The van der Waals surface area contributed by atoms with Gasteiger partial charge in [0.2, 0.25) is 0 Å². The van der Waals surface area contributed by atoms with Crippen molar-refractivity contribution in [3.63, 3.8) is 0 Å². The molecule has 0 radical (unpaired) electrons. The summed E-state index contributed by atoms with van der Waals surface area (Å²) in [4.78, 5) is 2.48. The Morgan fingerprint density at radius 1 is 1.29 bits per heavy atom. The van der Waals surface area contributed by atoms with Crippen LogP contribution < -0.4 is 5.32 Å². The lowest BCUT2D eigenvalue weighted by Crippen LogP contribution is -2.44. The van der Waals surface area contributed by atoms with Gasteiger partial charge >= 0.3 is 0 Å². The zero-order valence-electron chi connectivity index (χ0n) is 14.5. The van der Waals surface area contributed by atoms with Crippen LogP contribution in [0, 0.1) is 0 Å². The number of anilines is 1. The number of hydrogen-bond acceptors (Lipinski definition) is 5. The normalized spacial score (nSPS) is 23.8. The molecule has 4 heterocycles. The standard InChI is InChI=1S/C17H26N6O/c1-21-6-3-14(20-21)12-23-7-4-17(5-8-23)9-15(13-24-17)19-16-10-18-22(2)11-16/h3,6,10-11,15,19H,4-5,7-9,12-13H2,1-2H3/t15-/m1/s1. The van der Waals surface area contributed by atoms with Crippen LogP contribution >= 0.6 is 0 Å². The Bertz CT molecular complexity index is 685. The van der Waals surface area contributed by atoms with Crippen molar-refractivity contribution >= 4 is 5.69 Å². The molecular weight excluding hydrogens is 304 g/mol. The zero-order chi connectivity index (χ0) is 16.6. The molecule has 2 aromatic heterocycles. The highest BCUT2D eigenvalue weighted by Gasteiger charge is 2.42. The molecular formula is C17H26N6O. The smallest absolute Gasteiger partial charge is 0.0764 e. The maximum absolute atomic E-state index is 6.24. The number of piperidine rings is 1. The van der Waals surface area contributed by atoms with Crippen molar-refractivity contribution in [1.29, 1.82) is 0 Å². The average Bonchev–Trinajstić information content (AvgIpc) is 3.25. The van der Waals surface area contributed by atoms with Gasteiger partial charge in [0.25, 0.3) is 0 Å². The fourth-order valence-electron chi connectivity index (χ4n) is 3.91. The number of nitrogens with zero attached hydrogens (tertiary/aromatic N) is 5. The van der Waals surface area contributed by atoms with E-state index in [-0.39, 0.29) is 5.60 Å². The lowest BCUT2D eigenvalue weighted by molar-refractivity contribution is -0.0450. The highest BCUT2D eigenvalue weighted by atomic mass is 16.5. The Kier molecular flexibility index (Phi) is 4.05. The number of hydrogen-bond donors (Lipinski definition) is 1. The van der Waals surface area contributed by atoms with Gasteiger partial charge in [0.1, 0.15) is 0 Å². The summed E-state index contributed by atoms with van der Waals surface area (Å²) in [6.45, 7) is 3.88. The van der Waals surface area contributed by atoms with Crippen LogP contribution in [0.3, 0.4) is 0 Å². The maximum Gasteiger partial charge on any atom is 0.0764 e. The molecule has 2 aromatic rings. The number of rotatable bonds is 4. The highest BCUT2D eigenvalue weighted by Crippen LogP contribution is 2.37. The minimum absolute atomic E-state index is 0.0560. The van der Waals surface area contributed by atoms with E-state index in [2.05, 4.69) is 26.5 Å². The van der Waals surface area contributed by atoms with Gasteiger partial charge < -0.3 is 10.1 Å². The predicted molar refractivity (Wildman–Crippen MR) is 91.6 cm³/mol. The molecule has 2 saturated heterocycles. The molecule has 130 valence electrons. The summed E-state index contributed by atoms with van der Waals surface area (Å²) >= 11 is 0. The Morgan fingerprint density at radius 3 is 2.79 bits per heavy atom. The summed E-state index contributed by atoms with van der Waals surface area (Å²) in [5.41, 5.74) is 2.29. The van der Waals surface area contributed by atoms with E-state index in [4.69, 9.17) is 4.74 Å². The molecule has 24 heavy (non-hydrogen) atoms. The van der Waals surface area contributed by atoms with Crippen molar-refractivity contribution in [2.75, 3.05) is 25.0 Å². The van der Waals surface area contributed by atoms with E-state index in [9.17, 15) is 0 Å². The number of aromatic nitrogens is 4. The lowest BCUT2D eigenvalue weighted by atomic mass is 9.87. The molecule has 0 amide bonds. The van der Waals surface area contributed by atoms with Gasteiger partial charge in [-0.2, -0.15) is 10.2 Å². The summed E-state index contributed by atoms with van der Waals surface area (Å²) < 4.78 is 9.93. The van der Waals surface area contributed by atoms with Gasteiger partial charge in [0.15, 0.2) is 0 Å². The monoisotopic (exact) mass is 330 g/mol. The zero-order valence-corrected chi connectivity index (χ0v) is 14.5. The summed E-state index contributed by atoms with van der Waals surface area (Å²) in [5, 5.41) is 12.2. The molecule has 1 atom stereocenters. The molecule has 2 aliphatic rings. The van der Waals surface area contributed by atoms with Crippen molar-refractivity contribution in [2.24, 2.45) is 14.1 Å². The van der Waals surface area contributed by atoms with Gasteiger partial charge in [0, 0.05) is 46.1 Å². The molecule has 0 bridgehead atoms.